The lowest BCUT2D eigenvalue weighted by Crippen LogP contribution is -2.46. The highest BCUT2D eigenvalue weighted by Crippen LogP contribution is 2.44. The number of phenolic OH excluding ortho intramolecular Hbond substituents is 1. The fraction of sp³-hybridized carbons (Fsp3) is 0.273. The fourth-order valence-corrected chi connectivity index (χ4v) is 3.57. The van der Waals surface area contributed by atoms with Crippen LogP contribution in [0.1, 0.15) is 44.4 Å². The van der Waals surface area contributed by atoms with Crippen molar-refractivity contribution in [3.8, 4) is 5.75 Å². The van der Waals surface area contributed by atoms with Crippen molar-refractivity contribution in [2.75, 3.05) is 0 Å². The Kier molecular flexibility index (Phi) is 3.38. The molecule has 0 saturated carbocycles. The van der Waals surface area contributed by atoms with Crippen LogP contribution in [-0.2, 0) is 5.41 Å². The average Bonchev–Trinajstić information content (AvgIpc) is 2.59. The van der Waals surface area contributed by atoms with Crippen molar-refractivity contribution in [1.82, 2.24) is 0 Å². The maximum Gasteiger partial charge on any atom is 0.192 e. The van der Waals surface area contributed by atoms with Crippen molar-refractivity contribution in [1.29, 1.82) is 0 Å². The molecule has 132 valence electrons. The van der Waals surface area contributed by atoms with Gasteiger partial charge < -0.3 is 9.52 Å². The Morgan fingerprint density at radius 3 is 2.54 bits per heavy atom. The molecule has 0 aliphatic carbocycles. The van der Waals surface area contributed by atoms with Gasteiger partial charge in [-0.25, -0.2) is 0 Å². The van der Waals surface area contributed by atoms with Crippen LogP contribution in [0, 0.1) is 0 Å². The zero-order valence-corrected chi connectivity index (χ0v) is 15.3. The Balaban J connectivity index is 2.05. The van der Waals surface area contributed by atoms with E-state index in [4.69, 9.17) is 9.41 Å². The van der Waals surface area contributed by atoms with E-state index in [0.717, 1.165) is 11.3 Å². The molecule has 1 aliphatic rings. The minimum absolute atomic E-state index is 0.0574. The molecule has 0 saturated heterocycles. The van der Waals surface area contributed by atoms with Crippen LogP contribution in [-0.4, -0.2) is 16.4 Å². The van der Waals surface area contributed by atoms with Crippen LogP contribution in [0.3, 0.4) is 0 Å². The predicted molar refractivity (Wildman–Crippen MR) is 103 cm³/mol. The summed E-state index contributed by atoms with van der Waals surface area (Å²) < 4.78 is 5.32. The van der Waals surface area contributed by atoms with Crippen LogP contribution in [0.15, 0.2) is 62.9 Å². The average molecular weight is 347 g/mol. The molecule has 3 aromatic rings. The highest BCUT2D eigenvalue weighted by atomic mass is 16.3. The van der Waals surface area contributed by atoms with Gasteiger partial charge in [-0.1, -0.05) is 38.1 Å². The maximum absolute atomic E-state index is 12.2. The Bertz CT molecular complexity index is 1120. The lowest BCUT2D eigenvalue weighted by atomic mass is 9.66. The molecule has 0 atom stereocenters. The van der Waals surface area contributed by atoms with Gasteiger partial charge >= 0.3 is 0 Å². The summed E-state index contributed by atoms with van der Waals surface area (Å²) in [6.07, 6.45) is 1.29. The first-order valence-electron chi connectivity index (χ1n) is 8.67. The third-order valence-corrected chi connectivity index (χ3v) is 5.79. The van der Waals surface area contributed by atoms with Gasteiger partial charge in [0.05, 0.1) is 22.9 Å². The Morgan fingerprint density at radius 1 is 1.04 bits per heavy atom. The van der Waals surface area contributed by atoms with Gasteiger partial charge in [-0.2, -0.15) is 0 Å². The van der Waals surface area contributed by atoms with Gasteiger partial charge in [0.25, 0.3) is 0 Å². The molecular weight excluding hydrogens is 326 g/mol. The van der Waals surface area contributed by atoms with E-state index in [-0.39, 0.29) is 27.7 Å². The fourth-order valence-electron chi connectivity index (χ4n) is 3.57. The van der Waals surface area contributed by atoms with E-state index in [1.165, 1.54) is 17.9 Å². The summed E-state index contributed by atoms with van der Waals surface area (Å²) in [6.45, 7) is 8.60. The first kappa shape index (κ1) is 16.6. The highest BCUT2D eigenvalue weighted by molar-refractivity contribution is 6.16. The molecule has 4 nitrogen and oxygen atoms in total. The second-order valence-corrected chi connectivity index (χ2v) is 7.85. The number of benzene rings is 2. The van der Waals surface area contributed by atoms with Crippen LogP contribution in [0.25, 0.3) is 11.0 Å². The molecule has 1 aliphatic heterocycles. The number of aromatic hydroxyl groups is 1. The molecule has 4 rings (SSSR count). The first-order valence-corrected chi connectivity index (χ1v) is 8.67. The quantitative estimate of drug-likeness (QED) is 0.709. The Morgan fingerprint density at radius 2 is 1.77 bits per heavy atom. The van der Waals surface area contributed by atoms with Gasteiger partial charge in [0.1, 0.15) is 0 Å². The molecule has 0 radical (unpaired) electrons. The van der Waals surface area contributed by atoms with Gasteiger partial charge in [-0.3, -0.25) is 9.79 Å². The molecule has 1 aromatic heterocycles. The van der Waals surface area contributed by atoms with Crippen LogP contribution in [0.5, 0.6) is 5.75 Å². The van der Waals surface area contributed by atoms with E-state index >= 15 is 0 Å². The topological polar surface area (TPSA) is 62.8 Å². The molecular formula is C22H21NO3. The minimum Gasteiger partial charge on any atom is -0.504 e. The first-order chi connectivity index (χ1) is 12.2. The third kappa shape index (κ3) is 2.22. The zero-order chi connectivity index (χ0) is 18.7. The van der Waals surface area contributed by atoms with Crippen LogP contribution in [0.2, 0.25) is 0 Å². The van der Waals surface area contributed by atoms with Gasteiger partial charge in [-0.15, -0.1) is 0 Å². The van der Waals surface area contributed by atoms with Crippen LogP contribution < -0.4 is 5.43 Å². The Hall–Kier alpha value is -2.88. The zero-order valence-electron chi connectivity index (χ0n) is 15.3. The summed E-state index contributed by atoms with van der Waals surface area (Å²) >= 11 is 0. The van der Waals surface area contributed by atoms with Crippen molar-refractivity contribution in [2.45, 2.75) is 38.6 Å². The molecule has 0 spiro atoms. The number of hydrogen-bond donors (Lipinski definition) is 1. The molecule has 2 aromatic carbocycles. The minimum atomic E-state index is -0.345. The van der Waals surface area contributed by atoms with Crippen molar-refractivity contribution in [3.05, 3.63) is 75.6 Å². The lowest BCUT2D eigenvalue weighted by molar-refractivity contribution is 0.303. The molecule has 26 heavy (non-hydrogen) atoms. The maximum atomic E-state index is 12.2. The summed E-state index contributed by atoms with van der Waals surface area (Å²) in [4.78, 5) is 17.3. The Labute approximate surface area is 151 Å². The van der Waals surface area contributed by atoms with E-state index < -0.39 is 0 Å². The smallest absolute Gasteiger partial charge is 0.192 e. The number of hydrogen-bond acceptors (Lipinski definition) is 4. The van der Waals surface area contributed by atoms with E-state index in [1.807, 2.05) is 18.2 Å². The highest BCUT2D eigenvalue weighted by Gasteiger charge is 2.43. The molecule has 0 bridgehead atoms. The van der Waals surface area contributed by atoms with E-state index in [2.05, 4.69) is 33.8 Å². The monoisotopic (exact) mass is 347 g/mol. The van der Waals surface area contributed by atoms with Gasteiger partial charge in [0.2, 0.25) is 0 Å². The number of rotatable bonds is 1. The van der Waals surface area contributed by atoms with Crippen LogP contribution in [0.4, 0.5) is 0 Å². The number of nitrogens with zero attached hydrogens (tertiary/aromatic N) is 1. The van der Waals surface area contributed by atoms with Crippen molar-refractivity contribution < 1.29 is 9.52 Å². The second-order valence-electron chi connectivity index (χ2n) is 7.85. The van der Waals surface area contributed by atoms with Gasteiger partial charge in [-0.05, 0) is 31.5 Å². The molecule has 2 heterocycles. The van der Waals surface area contributed by atoms with Crippen molar-refractivity contribution in [3.63, 3.8) is 0 Å². The molecule has 1 N–H and O–H groups in total. The SMILES string of the molecule is CC1(C)N=C(c2cc(O)c3occc(=O)c3c2)c2ccccc2C1(C)C. The van der Waals surface area contributed by atoms with Gasteiger partial charge in [0, 0.05) is 22.6 Å². The molecule has 0 amide bonds. The van der Waals surface area contributed by atoms with Crippen molar-refractivity contribution >= 4 is 16.7 Å². The number of fused-ring (bicyclic) bond motifs is 2. The second kappa shape index (κ2) is 5.31. The molecule has 4 heteroatoms. The van der Waals surface area contributed by atoms with E-state index in [1.54, 1.807) is 12.1 Å². The summed E-state index contributed by atoms with van der Waals surface area (Å²) in [7, 11) is 0. The third-order valence-electron chi connectivity index (χ3n) is 5.79. The molecule has 0 fully saturated rings. The number of phenols is 1. The predicted octanol–water partition coefficient (Wildman–Crippen LogP) is 4.41. The standard InChI is InChI=1S/C22H21NO3/c1-21(2)16-8-6-5-7-14(16)19(23-22(21,3)4)13-11-15-17(24)9-10-26-20(15)18(25)12-13/h5-12,25H,1-4H3. The summed E-state index contributed by atoms with van der Waals surface area (Å²) in [5, 5.41) is 10.8. The normalized spacial score (nSPS) is 17.6. The lowest BCUT2D eigenvalue weighted by Gasteiger charge is -2.44. The van der Waals surface area contributed by atoms with Crippen LogP contribution >= 0.6 is 0 Å². The van der Waals surface area contributed by atoms with E-state index in [9.17, 15) is 9.90 Å². The summed E-state index contributed by atoms with van der Waals surface area (Å²) in [6, 6.07) is 12.9. The largest absolute Gasteiger partial charge is 0.504 e. The van der Waals surface area contributed by atoms with Gasteiger partial charge in [0.15, 0.2) is 16.8 Å². The summed E-state index contributed by atoms with van der Waals surface area (Å²) in [5.74, 6) is -0.0574. The number of aliphatic imine (C=N–C) groups is 1. The van der Waals surface area contributed by atoms with E-state index in [0.29, 0.717) is 10.9 Å². The van der Waals surface area contributed by atoms with Crippen molar-refractivity contribution in [2.24, 2.45) is 4.99 Å². The molecule has 0 unspecified atom stereocenters. The summed E-state index contributed by atoms with van der Waals surface area (Å²) in [5.41, 5.74) is 3.24.